The maximum Gasteiger partial charge on any atom is 0.254 e. The van der Waals surface area contributed by atoms with Gasteiger partial charge in [0.1, 0.15) is 6.33 Å². The molecule has 62 valence electrons. The fourth-order valence-electron chi connectivity index (χ4n) is 1.07. The molecule has 0 saturated heterocycles. The molecule has 0 aliphatic rings. The maximum atomic E-state index is 5.41. The topological polar surface area (TPSA) is 69.1 Å². The molecule has 0 atom stereocenters. The van der Waals surface area contributed by atoms with Gasteiger partial charge in [-0.05, 0) is 18.5 Å². The molecule has 12 heavy (non-hydrogen) atoms. The predicted molar refractivity (Wildman–Crippen MR) is 43.5 cm³/mol. The van der Waals surface area contributed by atoms with Crippen LogP contribution >= 0.6 is 0 Å². The first-order valence-corrected chi connectivity index (χ1v) is 3.74. The highest BCUT2D eigenvalue weighted by molar-refractivity contribution is 5.26. The summed E-state index contributed by atoms with van der Waals surface area (Å²) in [4.78, 5) is 4.09. The lowest BCUT2D eigenvalue weighted by atomic mass is 10.2. The number of nitrogens with two attached hydrogens (primary N) is 1. The van der Waals surface area contributed by atoms with Crippen molar-refractivity contribution in [3.05, 3.63) is 24.3 Å². The van der Waals surface area contributed by atoms with Gasteiger partial charge < -0.3 is 5.73 Å². The van der Waals surface area contributed by atoms with E-state index in [1.807, 2.05) is 6.20 Å². The van der Waals surface area contributed by atoms with Crippen LogP contribution in [0.15, 0.2) is 18.7 Å². The monoisotopic (exact) mass is 163 g/mol. The summed E-state index contributed by atoms with van der Waals surface area (Å²) in [5.41, 5.74) is 6.51. The molecule has 0 aromatic carbocycles. The van der Waals surface area contributed by atoms with E-state index in [0.717, 1.165) is 12.0 Å². The van der Waals surface area contributed by atoms with Crippen LogP contribution in [0.1, 0.15) is 5.56 Å². The van der Waals surface area contributed by atoms with E-state index in [-0.39, 0.29) is 0 Å². The first-order chi connectivity index (χ1) is 5.90. The van der Waals surface area contributed by atoms with E-state index in [4.69, 9.17) is 5.73 Å². The van der Waals surface area contributed by atoms with Gasteiger partial charge in [-0.1, -0.05) is 0 Å². The Bertz CT molecular complexity index is 380. The van der Waals surface area contributed by atoms with E-state index >= 15 is 0 Å². The number of fused-ring (bicyclic) bond motifs is 1. The molecule has 0 amide bonds. The number of hydrogen-bond donors (Lipinski definition) is 1. The molecule has 5 nitrogen and oxygen atoms in total. The summed E-state index contributed by atoms with van der Waals surface area (Å²) < 4.78 is 1.78. The third kappa shape index (κ3) is 1.14. The van der Waals surface area contributed by atoms with Gasteiger partial charge in [0, 0.05) is 12.4 Å². The van der Waals surface area contributed by atoms with Crippen LogP contribution in [0, 0.1) is 0 Å². The second kappa shape index (κ2) is 2.86. The van der Waals surface area contributed by atoms with E-state index in [9.17, 15) is 0 Å². The van der Waals surface area contributed by atoms with Crippen molar-refractivity contribution < 1.29 is 0 Å². The number of aromatic nitrogens is 4. The van der Waals surface area contributed by atoms with Crippen LogP contribution in [0.3, 0.4) is 0 Å². The van der Waals surface area contributed by atoms with Crippen molar-refractivity contribution in [1.29, 1.82) is 0 Å². The van der Waals surface area contributed by atoms with Crippen molar-refractivity contribution in [2.75, 3.05) is 6.54 Å². The van der Waals surface area contributed by atoms with Gasteiger partial charge in [0.15, 0.2) is 0 Å². The third-order valence-corrected chi connectivity index (χ3v) is 1.64. The van der Waals surface area contributed by atoms with Gasteiger partial charge in [-0.3, -0.25) is 4.40 Å². The Morgan fingerprint density at radius 2 is 2.42 bits per heavy atom. The molecule has 0 aliphatic carbocycles. The van der Waals surface area contributed by atoms with Crippen LogP contribution in [0.4, 0.5) is 0 Å². The second-order valence-corrected chi connectivity index (χ2v) is 2.54. The van der Waals surface area contributed by atoms with Crippen molar-refractivity contribution in [1.82, 2.24) is 19.6 Å². The van der Waals surface area contributed by atoms with Crippen LogP contribution < -0.4 is 5.73 Å². The highest BCUT2D eigenvalue weighted by Gasteiger charge is 1.96. The smallest absolute Gasteiger partial charge is 0.254 e. The molecular formula is C7H9N5. The van der Waals surface area contributed by atoms with Crippen LogP contribution in [0.25, 0.3) is 5.78 Å². The molecule has 0 fully saturated rings. The molecule has 2 aromatic rings. The van der Waals surface area contributed by atoms with Crippen LogP contribution in [-0.2, 0) is 6.42 Å². The Balaban J connectivity index is 2.46. The van der Waals surface area contributed by atoms with E-state index in [2.05, 4.69) is 15.2 Å². The zero-order chi connectivity index (χ0) is 8.39. The van der Waals surface area contributed by atoms with Crippen LogP contribution in [0.5, 0.6) is 0 Å². The number of hydrogen-bond acceptors (Lipinski definition) is 4. The summed E-state index contributed by atoms with van der Waals surface area (Å²) >= 11 is 0. The van der Waals surface area contributed by atoms with Crippen molar-refractivity contribution in [3.8, 4) is 0 Å². The highest BCUT2D eigenvalue weighted by atomic mass is 15.3. The molecule has 2 aromatic heterocycles. The predicted octanol–water partition coefficient (Wildman–Crippen LogP) is -0.375. The van der Waals surface area contributed by atoms with Gasteiger partial charge in [-0.15, -0.1) is 10.2 Å². The van der Waals surface area contributed by atoms with Crippen molar-refractivity contribution in [2.24, 2.45) is 5.73 Å². The summed E-state index contributed by atoms with van der Waals surface area (Å²) in [5, 5.41) is 7.51. The fourth-order valence-corrected chi connectivity index (χ4v) is 1.07. The minimum atomic E-state index is 0.621. The lowest BCUT2D eigenvalue weighted by Crippen LogP contribution is -2.04. The Morgan fingerprint density at radius 1 is 1.50 bits per heavy atom. The summed E-state index contributed by atoms with van der Waals surface area (Å²) in [6.45, 7) is 0.634. The number of rotatable bonds is 2. The molecule has 0 unspecified atom stereocenters. The Labute approximate surface area is 69.2 Å². The molecule has 5 heteroatoms. The molecule has 0 saturated carbocycles. The zero-order valence-corrected chi connectivity index (χ0v) is 6.51. The number of nitrogens with zero attached hydrogens (tertiary/aromatic N) is 4. The molecule has 2 rings (SSSR count). The molecule has 2 N–H and O–H groups in total. The minimum absolute atomic E-state index is 0.621. The van der Waals surface area contributed by atoms with Gasteiger partial charge in [0.05, 0.1) is 0 Å². The van der Waals surface area contributed by atoms with Gasteiger partial charge in [0.2, 0.25) is 0 Å². The fraction of sp³-hybridized carbons (Fsp3) is 0.286. The largest absolute Gasteiger partial charge is 0.330 e. The van der Waals surface area contributed by atoms with Crippen molar-refractivity contribution >= 4 is 5.78 Å². The Morgan fingerprint density at radius 3 is 3.25 bits per heavy atom. The van der Waals surface area contributed by atoms with Crippen molar-refractivity contribution in [2.45, 2.75) is 6.42 Å². The third-order valence-electron chi connectivity index (χ3n) is 1.64. The van der Waals surface area contributed by atoms with E-state index in [1.165, 1.54) is 0 Å². The Hall–Kier alpha value is -1.49. The maximum absolute atomic E-state index is 5.41. The lowest BCUT2D eigenvalue weighted by molar-refractivity contribution is 0.934. The standard InChI is InChI=1S/C7H9N5/c8-2-1-6-3-9-7-11-10-5-12(7)4-6/h3-5H,1-2,8H2. The second-order valence-electron chi connectivity index (χ2n) is 2.54. The van der Waals surface area contributed by atoms with Gasteiger partial charge in [-0.2, -0.15) is 0 Å². The Kier molecular flexibility index (Phi) is 1.71. The van der Waals surface area contributed by atoms with Crippen molar-refractivity contribution in [3.63, 3.8) is 0 Å². The molecule has 0 spiro atoms. The summed E-state index contributed by atoms with van der Waals surface area (Å²) in [5.74, 6) is 0.621. The van der Waals surface area contributed by atoms with Crippen LogP contribution in [0.2, 0.25) is 0 Å². The van der Waals surface area contributed by atoms with Gasteiger partial charge in [0.25, 0.3) is 5.78 Å². The first kappa shape index (κ1) is 7.17. The highest BCUT2D eigenvalue weighted by Crippen LogP contribution is 1.99. The molecule has 0 aliphatic heterocycles. The quantitative estimate of drug-likeness (QED) is 0.655. The molecule has 0 radical (unpaired) electrons. The van der Waals surface area contributed by atoms with E-state index < -0.39 is 0 Å². The summed E-state index contributed by atoms with van der Waals surface area (Å²) in [6.07, 6.45) is 6.18. The normalized spacial score (nSPS) is 10.8. The SMILES string of the molecule is NCCc1cnc2nncn2c1. The summed E-state index contributed by atoms with van der Waals surface area (Å²) in [6, 6.07) is 0. The summed E-state index contributed by atoms with van der Waals surface area (Å²) in [7, 11) is 0. The molecular weight excluding hydrogens is 154 g/mol. The van der Waals surface area contributed by atoms with E-state index in [1.54, 1.807) is 16.9 Å². The average Bonchev–Trinajstić information content (AvgIpc) is 2.51. The lowest BCUT2D eigenvalue weighted by Gasteiger charge is -1.97. The van der Waals surface area contributed by atoms with Gasteiger partial charge in [-0.25, -0.2) is 4.98 Å². The van der Waals surface area contributed by atoms with Gasteiger partial charge >= 0.3 is 0 Å². The van der Waals surface area contributed by atoms with Crippen LogP contribution in [-0.4, -0.2) is 26.1 Å². The molecule has 2 heterocycles. The zero-order valence-electron chi connectivity index (χ0n) is 6.51. The first-order valence-electron chi connectivity index (χ1n) is 3.74. The molecule has 0 bridgehead atoms. The van der Waals surface area contributed by atoms with E-state index in [0.29, 0.717) is 12.3 Å². The minimum Gasteiger partial charge on any atom is -0.330 e. The average molecular weight is 163 g/mol.